The molecule has 0 spiro atoms. The van der Waals surface area contributed by atoms with Crippen molar-refractivity contribution in [2.24, 2.45) is 0 Å². The molecule has 0 fully saturated rings. The maximum absolute atomic E-state index is 12.2. The fourth-order valence-corrected chi connectivity index (χ4v) is 3.44. The number of thioether (sulfide) groups is 1. The summed E-state index contributed by atoms with van der Waals surface area (Å²) in [6.07, 6.45) is 0.917. The molecule has 2 heterocycles. The molecule has 0 saturated heterocycles. The summed E-state index contributed by atoms with van der Waals surface area (Å²) in [6.45, 7) is 6.71. The summed E-state index contributed by atoms with van der Waals surface area (Å²) in [4.78, 5) is 6.05. The van der Waals surface area contributed by atoms with Crippen LogP contribution >= 0.6 is 11.8 Å². The lowest BCUT2D eigenvalue weighted by molar-refractivity contribution is -0.129. The second-order valence-electron chi connectivity index (χ2n) is 5.72. The van der Waals surface area contributed by atoms with Crippen LogP contribution in [0.5, 0.6) is 5.88 Å². The molecule has 2 rings (SSSR count). The summed E-state index contributed by atoms with van der Waals surface area (Å²) >= 11 is 1.28. The quantitative estimate of drug-likeness (QED) is 0.541. The molecule has 0 aliphatic heterocycles. The molecule has 0 saturated carbocycles. The molecule has 0 N–H and O–H groups in total. The van der Waals surface area contributed by atoms with Crippen LogP contribution in [-0.2, 0) is 0 Å². The number of methoxy groups -OCH3 is 1. The number of halogens is 3. The lowest BCUT2D eigenvalue weighted by Gasteiger charge is -2.24. The minimum absolute atomic E-state index is 0.0607. The Morgan fingerprint density at radius 3 is 2.74 bits per heavy atom. The standard InChI is InChI=1S/C18H23F3N4OS/c1-4-24(14(2)7-10-27-11-8-18(19,20)21)16-13-25(23-17(16)26-3)15-6-5-9-22-12-15/h5-6,9,12-13H,2,4,7-8,10-11H2,1,3H3. The van der Waals surface area contributed by atoms with Crippen molar-refractivity contribution < 1.29 is 17.9 Å². The molecule has 0 aromatic carbocycles. The van der Waals surface area contributed by atoms with Gasteiger partial charge in [-0.1, -0.05) is 6.58 Å². The molecule has 0 bridgehead atoms. The number of alkyl halides is 3. The highest BCUT2D eigenvalue weighted by Crippen LogP contribution is 2.31. The molecule has 148 valence electrons. The zero-order valence-corrected chi connectivity index (χ0v) is 16.2. The van der Waals surface area contributed by atoms with Crippen molar-refractivity contribution in [2.75, 3.05) is 30.1 Å². The molecule has 0 atom stereocenters. The number of ether oxygens (including phenoxy) is 1. The van der Waals surface area contributed by atoms with E-state index in [-0.39, 0.29) is 5.75 Å². The Hall–Kier alpha value is -2.16. The van der Waals surface area contributed by atoms with Gasteiger partial charge in [-0.25, -0.2) is 4.68 Å². The van der Waals surface area contributed by atoms with Crippen LogP contribution in [0.2, 0.25) is 0 Å². The van der Waals surface area contributed by atoms with Crippen LogP contribution in [0.4, 0.5) is 18.9 Å². The summed E-state index contributed by atoms with van der Waals surface area (Å²) < 4.78 is 43.7. The first-order chi connectivity index (χ1) is 12.9. The average Bonchev–Trinajstić information content (AvgIpc) is 3.06. The van der Waals surface area contributed by atoms with Crippen molar-refractivity contribution in [1.82, 2.24) is 14.8 Å². The molecule has 27 heavy (non-hydrogen) atoms. The molecule has 0 amide bonds. The first-order valence-corrected chi connectivity index (χ1v) is 9.65. The molecule has 2 aromatic heterocycles. The molecular weight excluding hydrogens is 377 g/mol. The highest BCUT2D eigenvalue weighted by Gasteiger charge is 2.26. The maximum Gasteiger partial charge on any atom is 0.389 e. The highest BCUT2D eigenvalue weighted by atomic mass is 32.2. The third kappa shape index (κ3) is 6.20. The topological polar surface area (TPSA) is 43.2 Å². The Kier molecular flexibility index (Phi) is 7.58. The van der Waals surface area contributed by atoms with Crippen LogP contribution < -0.4 is 9.64 Å². The summed E-state index contributed by atoms with van der Waals surface area (Å²) in [5.74, 6) is 1.09. The van der Waals surface area contributed by atoms with E-state index in [1.165, 1.54) is 11.8 Å². The van der Waals surface area contributed by atoms with E-state index in [1.807, 2.05) is 30.2 Å². The van der Waals surface area contributed by atoms with E-state index < -0.39 is 12.6 Å². The Bertz CT molecular complexity index is 734. The van der Waals surface area contributed by atoms with Gasteiger partial charge in [-0.2, -0.15) is 24.9 Å². The van der Waals surface area contributed by atoms with Gasteiger partial charge < -0.3 is 9.64 Å². The fraction of sp³-hybridized carbons (Fsp3) is 0.444. The number of aromatic nitrogens is 3. The summed E-state index contributed by atoms with van der Waals surface area (Å²) in [6, 6.07) is 3.70. The molecule has 0 radical (unpaired) electrons. The van der Waals surface area contributed by atoms with E-state index in [1.54, 1.807) is 24.2 Å². The average molecular weight is 400 g/mol. The Morgan fingerprint density at radius 2 is 2.15 bits per heavy atom. The minimum Gasteiger partial charge on any atom is -0.478 e. The number of pyridine rings is 1. The van der Waals surface area contributed by atoms with Crippen LogP contribution in [0.3, 0.4) is 0 Å². The van der Waals surface area contributed by atoms with E-state index >= 15 is 0 Å². The Morgan fingerprint density at radius 1 is 1.37 bits per heavy atom. The molecule has 0 unspecified atom stereocenters. The molecule has 0 aliphatic rings. The van der Waals surface area contributed by atoms with Crippen molar-refractivity contribution in [3.63, 3.8) is 0 Å². The van der Waals surface area contributed by atoms with E-state index in [9.17, 15) is 13.2 Å². The van der Waals surface area contributed by atoms with Crippen molar-refractivity contribution in [2.45, 2.75) is 25.9 Å². The predicted molar refractivity (Wildman–Crippen MR) is 103 cm³/mol. The zero-order chi connectivity index (χ0) is 19.9. The van der Waals surface area contributed by atoms with Crippen molar-refractivity contribution in [1.29, 1.82) is 0 Å². The molecule has 0 aliphatic carbocycles. The Labute approximate surface area is 161 Å². The number of anilines is 1. The molecule has 5 nitrogen and oxygen atoms in total. The molecule has 2 aromatic rings. The normalized spacial score (nSPS) is 11.4. The first kappa shape index (κ1) is 21.1. The van der Waals surface area contributed by atoms with Gasteiger partial charge in [-0.15, -0.1) is 5.10 Å². The number of hydrogen-bond donors (Lipinski definition) is 0. The van der Waals surface area contributed by atoms with Crippen LogP contribution in [0.15, 0.2) is 43.0 Å². The molecular formula is C18H23F3N4OS. The van der Waals surface area contributed by atoms with Gasteiger partial charge in [0.05, 0.1) is 31.6 Å². The van der Waals surface area contributed by atoms with Gasteiger partial charge in [0.15, 0.2) is 0 Å². The minimum atomic E-state index is -4.10. The van der Waals surface area contributed by atoms with E-state index in [0.29, 0.717) is 24.6 Å². The Balaban J connectivity index is 2.03. The fourth-order valence-electron chi connectivity index (χ4n) is 2.48. The van der Waals surface area contributed by atoms with Gasteiger partial charge in [0.1, 0.15) is 5.69 Å². The van der Waals surface area contributed by atoms with Crippen LogP contribution in [0, 0.1) is 0 Å². The lowest BCUT2D eigenvalue weighted by atomic mass is 10.3. The van der Waals surface area contributed by atoms with Gasteiger partial charge in [0.25, 0.3) is 5.88 Å². The van der Waals surface area contributed by atoms with Gasteiger partial charge >= 0.3 is 6.18 Å². The maximum atomic E-state index is 12.2. The molecule has 9 heteroatoms. The van der Waals surface area contributed by atoms with Crippen molar-refractivity contribution in [3.05, 3.63) is 43.0 Å². The summed E-state index contributed by atoms with van der Waals surface area (Å²) in [5.41, 5.74) is 2.36. The second kappa shape index (κ2) is 9.68. The van der Waals surface area contributed by atoms with E-state index in [2.05, 4.69) is 16.7 Å². The van der Waals surface area contributed by atoms with Crippen LogP contribution in [0.1, 0.15) is 19.8 Å². The largest absolute Gasteiger partial charge is 0.478 e. The summed E-state index contributed by atoms with van der Waals surface area (Å²) in [5, 5.41) is 4.43. The first-order valence-electron chi connectivity index (χ1n) is 8.49. The predicted octanol–water partition coefficient (Wildman–Crippen LogP) is 4.69. The second-order valence-corrected chi connectivity index (χ2v) is 6.94. The van der Waals surface area contributed by atoms with Crippen LogP contribution in [0.25, 0.3) is 5.69 Å². The SMILES string of the molecule is C=C(CCSCCC(F)(F)F)N(CC)c1cn(-c2cccnc2)nc1OC. The lowest BCUT2D eigenvalue weighted by Crippen LogP contribution is -2.22. The third-order valence-electron chi connectivity index (χ3n) is 3.82. The van der Waals surface area contributed by atoms with E-state index in [0.717, 1.165) is 17.1 Å². The summed E-state index contributed by atoms with van der Waals surface area (Å²) in [7, 11) is 1.54. The van der Waals surface area contributed by atoms with Crippen molar-refractivity contribution >= 4 is 17.4 Å². The van der Waals surface area contributed by atoms with Crippen LogP contribution in [-0.4, -0.2) is 46.1 Å². The van der Waals surface area contributed by atoms with E-state index in [4.69, 9.17) is 4.74 Å². The van der Waals surface area contributed by atoms with Crippen molar-refractivity contribution in [3.8, 4) is 11.6 Å². The number of rotatable bonds is 10. The van der Waals surface area contributed by atoms with Gasteiger partial charge in [-0.05, 0) is 31.2 Å². The number of nitrogens with zero attached hydrogens (tertiary/aromatic N) is 4. The highest BCUT2D eigenvalue weighted by molar-refractivity contribution is 7.99. The van der Waals surface area contributed by atoms with Gasteiger partial charge in [0, 0.05) is 24.2 Å². The van der Waals surface area contributed by atoms with Gasteiger partial charge in [-0.3, -0.25) is 4.98 Å². The number of allylic oxidation sites excluding steroid dienone is 1. The van der Waals surface area contributed by atoms with Gasteiger partial charge in [0.2, 0.25) is 0 Å². The third-order valence-corrected chi connectivity index (χ3v) is 4.81. The smallest absolute Gasteiger partial charge is 0.389 e. The zero-order valence-electron chi connectivity index (χ0n) is 15.4. The number of hydrogen-bond acceptors (Lipinski definition) is 5. The monoisotopic (exact) mass is 400 g/mol.